The Labute approximate surface area is 85.1 Å². The molecule has 0 aliphatic carbocycles. The monoisotopic (exact) mass is 205 g/mol. The Morgan fingerprint density at radius 2 is 1.21 bits per heavy atom. The van der Waals surface area contributed by atoms with Crippen molar-refractivity contribution in [2.24, 2.45) is 0 Å². The highest BCUT2D eigenvalue weighted by Crippen LogP contribution is 2.16. The van der Waals surface area contributed by atoms with Gasteiger partial charge in [0.2, 0.25) is 0 Å². The zero-order chi connectivity index (χ0) is 9.60. The quantitative estimate of drug-likeness (QED) is 0.541. The molecule has 0 atom stereocenters. The van der Waals surface area contributed by atoms with Crippen molar-refractivity contribution in [1.29, 1.82) is 0 Å². The van der Waals surface area contributed by atoms with Crippen molar-refractivity contribution in [1.82, 2.24) is 14.9 Å². The second-order valence-electron chi connectivity index (χ2n) is 4.34. The van der Waals surface area contributed by atoms with Crippen LogP contribution in [0.3, 0.4) is 0 Å². The third kappa shape index (κ3) is 1.40. The van der Waals surface area contributed by atoms with E-state index in [0.29, 0.717) is 0 Å². The molecule has 4 heteroatoms. The molecule has 1 aromatic rings. The van der Waals surface area contributed by atoms with E-state index in [1.807, 2.05) is 0 Å². The van der Waals surface area contributed by atoms with Crippen LogP contribution in [0.4, 0.5) is 0 Å². The fourth-order valence-electron chi connectivity index (χ4n) is 2.17. The van der Waals surface area contributed by atoms with Gasteiger partial charge in [0.25, 0.3) is 8.56 Å². The van der Waals surface area contributed by atoms with Gasteiger partial charge in [0.05, 0.1) is 0 Å². The Hall–Kier alpha value is -0.683. The zero-order valence-corrected chi connectivity index (χ0v) is 9.35. The first kappa shape index (κ1) is 8.61. The second-order valence-corrected chi connectivity index (χ2v) is 7.65. The molecule has 4 bridgehead atoms. The van der Waals surface area contributed by atoms with Crippen molar-refractivity contribution >= 4 is 8.56 Å². The lowest BCUT2D eigenvalue weighted by atomic mass is 10.1. The van der Waals surface area contributed by atoms with E-state index < -0.39 is 8.56 Å². The predicted octanol–water partition coefficient (Wildman–Crippen LogP) is 0.551. The van der Waals surface area contributed by atoms with Gasteiger partial charge in [0, 0.05) is 19.6 Å². The summed E-state index contributed by atoms with van der Waals surface area (Å²) in [5.74, 6) is 0. The van der Waals surface area contributed by atoms with E-state index in [4.69, 9.17) is 0 Å². The zero-order valence-electron chi connectivity index (χ0n) is 8.35. The van der Waals surface area contributed by atoms with Crippen LogP contribution in [0.2, 0.25) is 6.55 Å². The van der Waals surface area contributed by atoms with Crippen molar-refractivity contribution in [2.75, 3.05) is 0 Å². The molecule has 1 aromatic carbocycles. The maximum Gasteiger partial charge on any atom is 0.278 e. The fourth-order valence-corrected chi connectivity index (χ4v) is 4.22. The lowest BCUT2D eigenvalue weighted by Gasteiger charge is -2.35. The number of hydrogen-bond donors (Lipinski definition) is 3. The molecule has 74 valence electrons. The third-order valence-electron chi connectivity index (χ3n) is 3.05. The number of fused-ring (bicyclic) bond motifs is 3. The largest absolute Gasteiger partial charge is 0.309 e. The lowest BCUT2D eigenvalue weighted by molar-refractivity contribution is 0.703. The number of hydrogen-bond acceptors (Lipinski definition) is 3. The standard InChI is InChI=1S/C10H15N3Si/c1-14-11-5-8-2-9(6-12-14)4-10(3-8)7-13-14/h2-4,11-13H,5-7H2,1H3. The number of rotatable bonds is 0. The summed E-state index contributed by atoms with van der Waals surface area (Å²) in [4.78, 5) is 10.9. The summed E-state index contributed by atoms with van der Waals surface area (Å²) in [5.41, 5.74) is 4.29. The van der Waals surface area contributed by atoms with Gasteiger partial charge >= 0.3 is 0 Å². The SMILES string of the molecule is C[Si]12NCc3cc(cc(c3)CN1)CN2. The summed E-state index contributed by atoms with van der Waals surface area (Å²) < 4.78 is 0. The molecular weight excluding hydrogens is 190 g/mol. The Morgan fingerprint density at radius 3 is 1.57 bits per heavy atom. The van der Waals surface area contributed by atoms with Gasteiger partial charge < -0.3 is 14.9 Å². The van der Waals surface area contributed by atoms with E-state index in [2.05, 4.69) is 39.7 Å². The summed E-state index contributed by atoms with van der Waals surface area (Å²) in [7, 11) is -1.59. The number of benzene rings is 1. The molecule has 0 spiro atoms. The van der Waals surface area contributed by atoms with Crippen LogP contribution in [0.1, 0.15) is 16.7 Å². The van der Waals surface area contributed by atoms with E-state index >= 15 is 0 Å². The van der Waals surface area contributed by atoms with Crippen LogP contribution in [-0.4, -0.2) is 8.56 Å². The van der Waals surface area contributed by atoms with Crippen LogP contribution in [0, 0.1) is 0 Å². The van der Waals surface area contributed by atoms with Crippen LogP contribution in [0.5, 0.6) is 0 Å². The van der Waals surface area contributed by atoms with E-state index in [1.165, 1.54) is 16.7 Å². The van der Waals surface area contributed by atoms with Gasteiger partial charge in [0.15, 0.2) is 0 Å². The normalized spacial score (nSPS) is 22.9. The molecule has 0 unspecified atom stereocenters. The molecule has 0 fully saturated rings. The van der Waals surface area contributed by atoms with Crippen molar-refractivity contribution in [3.05, 3.63) is 34.9 Å². The van der Waals surface area contributed by atoms with Gasteiger partial charge in [-0.3, -0.25) is 0 Å². The van der Waals surface area contributed by atoms with Crippen LogP contribution in [0.25, 0.3) is 0 Å². The highest BCUT2D eigenvalue weighted by Gasteiger charge is 2.30. The molecular formula is C10H15N3Si. The highest BCUT2D eigenvalue weighted by molar-refractivity contribution is 6.71. The fraction of sp³-hybridized carbons (Fsp3) is 0.400. The predicted molar refractivity (Wildman–Crippen MR) is 58.6 cm³/mol. The van der Waals surface area contributed by atoms with Gasteiger partial charge in [-0.05, 0) is 23.2 Å². The molecule has 14 heavy (non-hydrogen) atoms. The molecule has 3 aliphatic rings. The molecule has 3 nitrogen and oxygen atoms in total. The maximum atomic E-state index is 3.62. The van der Waals surface area contributed by atoms with Crippen molar-refractivity contribution in [2.45, 2.75) is 26.2 Å². The average molecular weight is 205 g/mol. The van der Waals surface area contributed by atoms with E-state index in [-0.39, 0.29) is 0 Å². The topological polar surface area (TPSA) is 36.1 Å². The van der Waals surface area contributed by atoms with E-state index in [0.717, 1.165) is 19.6 Å². The highest BCUT2D eigenvalue weighted by atomic mass is 28.4. The third-order valence-corrected chi connectivity index (χ3v) is 5.70. The van der Waals surface area contributed by atoms with Gasteiger partial charge in [-0.25, -0.2) is 0 Å². The van der Waals surface area contributed by atoms with E-state index in [9.17, 15) is 0 Å². The lowest BCUT2D eigenvalue weighted by Crippen LogP contribution is -2.70. The molecule has 3 heterocycles. The first-order valence-electron chi connectivity index (χ1n) is 5.10. The van der Waals surface area contributed by atoms with Crippen molar-refractivity contribution in [3.8, 4) is 0 Å². The molecule has 3 N–H and O–H groups in total. The molecule has 4 rings (SSSR count). The average Bonchev–Trinajstić information content (AvgIpc) is 2.18. The molecule has 3 aliphatic heterocycles. The molecule has 0 amide bonds. The summed E-state index contributed by atoms with van der Waals surface area (Å²) in [5, 5.41) is 0. The Kier molecular flexibility index (Phi) is 1.78. The molecule has 0 radical (unpaired) electrons. The smallest absolute Gasteiger partial charge is 0.278 e. The number of nitrogens with one attached hydrogen (secondary N) is 3. The molecule has 0 saturated carbocycles. The van der Waals surface area contributed by atoms with Gasteiger partial charge in [-0.1, -0.05) is 18.2 Å². The summed E-state index contributed by atoms with van der Waals surface area (Å²) in [6.45, 7) is 5.26. The van der Waals surface area contributed by atoms with Crippen LogP contribution in [0.15, 0.2) is 18.2 Å². The van der Waals surface area contributed by atoms with Crippen LogP contribution < -0.4 is 14.9 Å². The molecule has 0 aromatic heterocycles. The minimum Gasteiger partial charge on any atom is -0.309 e. The Morgan fingerprint density at radius 1 is 0.857 bits per heavy atom. The van der Waals surface area contributed by atoms with Gasteiger partial charge in [0.1, 0.15) is 0 Å². The first-order valence-corrected chi connectivity index (χ1v) is 7.60. The van der Waals surface area contributed by atoms with Gasteiger partial charge in [-0.15, -0.1) is 0 Å². The minimum absolute atomic E-state index is 0.990. The second kappa shape index (κ2) is 2.90. The summed E-state index contributed by atoms with van der Waals surface area (Å²) in [6, 6.07) is 6.88. The molecule has 0 saturated heterocycles. The van der Waals surface area contributed by atoms with Gasteiger partial charge in [-0.2, -0.15) is 0 Å². The summed E-state index contributed by atoms with van der Waals surface area (Å²) >= 11 is 0. The Balaban J connectivity index is 2.14. The Bertz CT molecular complexity index is 310. The van der Waals surface area contributed by atoms with Crippen LogP contribution >= 0.6 is 0 Å². The van der Waals surface area contributed by atoms with Crippen molar-refractivity contribution in [3.63, 3.8) is 0 Å². The maximum absolute atomic E-state index is 3.62. The minimum atomic E-state index is -1.59. The van der Waals surface area contributed by atoms with Crippen molar-refractivity contribution < 1.29 is 0 Å². The summed E-state index contributed by atoms with van der Waals surface area (Å²) in [6.07, 6.45) is 0. The van der Waals surface area contributed by atoms with E-state index in [1.54, 1.807) is 0 Å². The first-order chi connectivity index (χ1) is 6.73. The van der Waals surface area contributed by atoms with Crippen LogP contribution in [-0.2, 0) is 19.6 Å².